The third kappa shape index (κ3) is 5.92. The van der Waals surface area contributed by atoms with Crippen LogP contribution in [0.25, 0.3) is 10.8 Å². The van der Waals surface area contributed by atoms with Gasteiger partial charge in [-0.25, -0.2) is 13.1 Å². The van der Waals surface area contributed by atoms with Crippen LogP contribution in [-0.4, -0.2) is 26.8 Å². The summed E-state index contributed by atoms with van der Waals surface area (Å²) in [6.45, 7) is 1.69. The molecule has 0 bridgehead atoms. The SMILES string of the molecule is Cc1c(NC(=O)CCNS(=O)(=O)c2ccc3ccccc3c2)cccc1C(=O)Nc1ccccc1. The van der Waals surface area contributed by atoms with Gasteiger partial charge >= 0.3 is 0 Å². The molecule has 0 aliphatic carbocycles. The topological polar surface area (TPSA) is 104 Å². The smallest absolute Gasteiger partial charge is 0.256 e. The molecule has 0 aliphatic heterocycles. The molecular formula is C27H25N3O4S. The maximum atomic E-state index is 12.7. The van der Waals surface area contributed by atoms with Crippen LogP contribution in [0.15, 0.2) is 95.9 Å². The quantitative estimate of drug-likeness (QED) is 0.335. The zero-order valence-electron chi connectivity index (χ0n) is 19.1. The molecule has 4 aromatic rings. The Balaban J connectivity index is 1.36. The predicted molar refractivity (Wildman–Crippen MR) is 138 cm³/mol. The van der Waals surface area contributed by atoms with Gasteiger partial charge in [0.2, 0.25) is 15.9 Å². The number of anilines is 2. The molecule has 0 spiro atoms. The van der Waals surface area contributed by atoms with Crippen molar-refractivity contribution >= 4 is 44.0 Å². The second kappa shape index (κ2) is 10.5. The Morgan fingerprint density at radius 1 is 0.771 bits per heavy atom. The number of hydrogen-bond acceptors (Lipinski definition) is 4. The van der Waals surface area contributed by atoms with Gasteiger partial charge in [0.15, 0.2) is 0 Å². The van der Waals surface area contributed by atoms with Crippen molar-refractivity contribution in [2.75, 3.05) is 17.2 Å². The van der Waals surface area contributed by atoms with E-state index in [1.165, 1.54) is 0 Å². The number of nitrogens with one attached hydrogen (secondary N) is 3. The lowest BCUT2D eigenvalue weighted by molar-refractivity contribution is -0.116. The van der Waals surface area contributed by atoms with E-state index < -0.39 is 10.0 Å². The van der Waals surface area contributed by atoms with Crippen molar-refractivity contribution in [3.8, 4) is 0 Å². The number of sulfonamides is 1. The second-order valence-electron chi connectivity index (χ2n) is 8.00. The number of benzene rings is 4. The molecule has 35 heavy (non-hydrogen) atoms. The fourth-order valence-electron chi connectivity index (χ4n) is 3.67. The summed E-state index contributed by atoms with van der Waals surface area (Å²) < 4.78 is 27.8. The first-order chi connectivity index (χ1) is 16.8. The molecule has 8 heteroatoms. The molecule has 4 rings (SSSR count). The van der Waals surface area contributed by atoms with Crippen LogP contribution in [0, 0.1) is 6.92 Å². The highest BCUT2D eigenvalue weighted by Crippen LogP contribution is 2.21. The molecule has 0 saturated heterocycles. The molecule has 0 atom stereocenters. The Hall–Kier alpha value is -4.01. The van der Waals surface area contributed by atoms with Crippen LogP contribution >= 0.6 is 0 Å². The van der Waals surface area contributed by atoms with Crippen molar-refractivity contribution in [2.24, 2.45) is 0 Å². The van der Waals surface area contributed by atoms with E-state index in [1.54, 1.807) is 55.5 Å². The highest BCUT2D eigenvalue weighted by atomic mass is 32.2. The van der Waals surface area contributed by atoms with Crippen LogP contribution in [0.2, 0.25) is 0 Å². The third-order valence-corrected chi connectivity index (χ3v) is 7.02. The molecule has 0 heterocycles. The van der Waals surface area contributed by atoms with E-state index in [0.717, 1.165) is 10.8 Å². The molecule has 0 radical (unpaired) electrons. The van der Waals surface area contributed by atoms with Crippen LogP contribution in [-0.2, 0) is 14.8 Å². The number of rotatable bonds is 8. The molecule has 3 N–H and O–H groups in total. The van der Waals surface area contributed by atoms with Crippen molar-refractivity contribution in [3.63, 3.8) is 0 Å². The summed E-state index contributed by atoms with van der Waals surface area (Å²) in [5.41, 5.74) is 2.22. The van der Waals surface area contributed by atoms with Gasteiger partial charge < -0.3 is 10.6 Å². The number of para-hydroxylation sites is 1. The van der Waals surface area contributed by atoms with Gasteiger partial charge in [-0.05, 0) is 59.7 Å². The molecule has 4 aromatic carbocycles. The number of carbonyl (C=O) groups is 2. The molecule has 2 amide bonds. The van der Waals surface area contributed by atoms with Crippen LogP contribution in [0.5, 0.6) is 0 Å². The lowest BCUT2D eigenvalue weighted by Crippen LogP contribution is -2.28. The first-order valence-electron chi connectivity index (χ1n) is 11.1. The van der Waals surface area contributed by atoms with Crippen LogP contribution < -0.4 is 15.4 Å². The van der Waals surface area contributed by atoms with Gasteiger partial charge in [-0.1, -0.05) is 54.6 Å². The van der Waals surface area contributed by atoms with E-state index in [4.69, 9.17) is 0 Å². The van der Waals surface area contributed by atoms with Gasteiger partial charge in [0.25, 0.3) is 5.91 Å². The molecule has 0 aromatic heterocycles. The minimum atomic E-state index is -3.76. The second-order valence-corrected chi connectivity index (χ2v) is 9.77. The summed E-state index contributed by atoms with van der Waals surface area (Å²) >= 11 is 0. The van der Waals surface area contributed by atoms with Crippen molar-refractivity contribution in [1.29, 1.82) is 0 Å². The summed E-state index contributed by atoms with van der Waals surface area (Å²) in [5.74, 6) is -0.650. The predicted octanol–water partition coefficient (Wildman–Crippen LogP) is 4.71. The lowest BCUT2D eigenvalue weighted by Gasteiger charge is -2.13. The summed E-state index contributed by atoms with van der Waals surface area (Å²) in [5, 5.41) is 7.36. The van der Waals surface area contributed by atoms with E-state index in [9.17, 15) is 18.0 Å². The molecule has 0 fully saturated rings. The zero-order valence-corrected chi connectivity index (χ0v) is 19.9. The Labute approximate surface area is 204 Å². The van der Waals surface area contributed by atoms with Crippen molar-refractivity contribution in [2.45, 2.75) is 18.2 Å². The summed E-state index contributed by atoms with van der Waals surface area (Å²) in [6, 6.07) is 26.5. The van der Waals surface area contributed by atoms with Gasteiger partial charge in [-0.3, -0.25) is 9.59 Å². The van der Waals surface area contributed by atoms with E-state index in [1.807, 2.05) is 42.5 Å². The maximum Gasteiger partial charge on any atom is 0.256 e. The third-order valence-electron chi connectivity index (χ3n) is 5.56. The van der Waals surface area contributed by atoms with Gasteiger partial charge in [-0.2, -0.15) is 0 Å². The number of fused-ring (bicyclic) bond motifs is 1. The standard InChI is InChI=1S/C27H25N3O4S/c1-19-24(27(32)29-22-10-3-2-4-11-22)12-7-13-25(19)30-26(31)16-17-28-35(33,34)23-15-14-20-8-5-6-9-21(20)18-23/h2-15,18,28H,16-17H2,1H3,(H,29,32)(H,30,31). The van der Waals surface area contributed by atoms with Gasteiger partial charge in [0.1, 0.15) is 0 Å². The van der Waals surface area contributed by atoms with Gasteiger partial charge in [-0.15, -0.1) is 0 Å². The van der Waals surface area contributed by atoms with Gasteiger partial charge in [0, 0.05) is 29.9 Å². The first-order valence-corrected chi connectivity index (χ1v) is 12.6. The number of hydrogen-bond donors (Lipinski definition) is 3. The average Bonchev–Trinajstić information content (AvgIpc) is 2.85. The Bertz CT molecular complexity index is 1490. The highest BCUT2D eigenvalue weighted by molar-refractivity contribution is 7.89. The molecule has 7 nitrogen and oxygen atoms in total. The Kier molecular flexibility index (Phi) is 7.24. The van der Waals surface area contributed by atoms with Crippen LogP contribution in [0.1, 0.15) is 22.3 Å². The molecule has 178 valence electrons. The summed E-state index contributed by atoms with van der Waals surface area (Å²) in [4.78, 5) is 25.3. The Morgan fingerprint density at radius 3 is 2.26 bits per heavy atom. The van der Waals surface area contributed by atoms with E-state index in [-0.39, 0.29) is 29.7 Å². The number of carbonyl (C=O) groups excluding carboxylic acids is 2. The van der Waals surface area contributed by atoms with E-state index in [2.05, 4.69) is 15.4 Å². The van der Waals surface area contributed by atoms with Crippen molar-refractivity contribution in [3.05, 3.63) is 102 Å². The zero-order chi connectivity index (χ0) is 24.8. The largest absolute Gasteiger partial charge is 0.326 e. The molecular weight excluding hydrogens is 462 g/mol. The fraction of sp³-hybridized carbons (Fsp3) is 0.111. The van der Waals surface area contributed by atoms with Crippen molar-refractivity contribution < 1.29 is 18.0 Å². The molecule has 0 unspecified atom stereocenters. The summed E-state index contributed by atoms with van der Waals surface area (Å²) in [7, 11) is -3.76. The minimum absolute atomic E-state index is 0.0613. The summed E-state index contributed by atoms with van der Waals surface area (Å²) in [6.07, 6.45) is -0.0628. The lowest BCUT2D eigenvalue weighted by atomic mass is 10.1. The first kappa shape index (κ1) is 24.1. The van der Waals surface area contributed by atoms with Crippen LogP contribution in [0.3, 0.4) is 0 Å². The maximum absolute atomic E-state index is 12.7. The Morgan fingerprint density at radius 2 is 1.49 bits per heavy atom. The monoisotopic (exact) mass is 487 g/mol. The minimum Gasteiger partial charge on any atom is -0.326 e. The van der Waals surface area contributed by atoms with E-state index in [0.29, 0.717) is 22.5 Å². The normalized spacial score (nSPS) is 11.2. The highest BCUT2D eigenvalue weighted by Gasteiger charge is 2.16. The number of amides is 2. The molecule has 0 aliphatic rings. The van der Waals surface area contributed by atoms with E-state index >= 15 is 0 Å². The van der Waals surface area contributed by atoms with Crippen molar-refractivity contribution in [1.82, 2.24) is 4.72 Å². The fourth-order valence-corrected chi connectivity index (χ4v) is 4.73. The van der Waals surface area contributed by atoms with Gasteiger partial charge in [0.05, 0.1) is 4.90 Å². The molecule has 0 saturated carbocycles. The average molecular weight is 488 g/mol. The van der Waals surface area contributed by atoms with Crippen LogP contribution in [0.4, 0.5) is 11.4 Å².